The zero-order valence-corrected chi connectivity index (χ0v) is 13.1. The summed E-state index contributed by atoms with van der Waals surface area (Å²) < 4.78 is 0. The van der Waals surface area contributed by atoms with Crippen molar-refractivity contribution in [3.8, 4) is 0 Å². The highest BCUT2D eigenvalue weighted by Crippen LogP contribution is 2.25. The van der Waals surface area contributed by atoms with Crippen LogP contribution in [0.3, 0.4) is 0 Å². The van der Waals surface area contributed by atoms with E-state index in [4.69, 9.17) is 5.11 Å². The third kappa shape index (κ3) is 14.1. The van der Waals surface area contributed by atoms with E-state index in [1.54, 1.807) is 13.8 Å². The lowest BCUT2D eigenvalue weighted by atomic mass is 9.87. The van der Waals surface area contributed by atoms with Gasteiger partial charge in [0.05, 0.1) is 11.2 Å². The van der Waals surface area contributed by atoms with Crippen LogP contribution in [0.15, 0.2) is 0 Å². The Morgan fingerprint density at radius 1 is 0.684 bits per heavy atom. The van der Waals surface area contributed by atoms with E-state index in [1.807, 2.05) is 6.92 Å². The van der Waals surface area contributed by atoms with Crippen molar-refractivity contribution in [3.05, 3.63) is 0 Å². The molecule has 3 nitrogen and oxygen atoms in total. The second-order valence-corrected chi connectivity index (χ2v) is 6.79. The van der Waals surface area contributed by atoms with Crippen LogP contribution in [-0.2, 0) is 0 Å². The number of unbranched alkanes of at least 4 members (excludes halogenated alkanes) is 7. The maximum Gasteiger partial charge on any atom is 0.0646 e. The zero-order valence-electron chi connectivity index (χ0n) is 13.1. The van der Waals surface area contributed by atoms with Gasteiger partial charge in [-0.25, -0.2) is 0 Å². The molecule has 0 rings (SSSR count). The van der Waals surface area contributed by atoms with E-state index in [0.717, 1.165) is 32.1 Å². The maximum absolute atomic E-state index is 10.2. The molecular weight excluding hydrogens is 240 g/mol. The highest BCUT2D eigenvalue weighted by Gasteiger charge is 2.28. The summed E-state index contributed by atoms with van der Waals surface area (Å²) in [7, 11) is 0. The van der Waals surface area contributed by atoms with Gasteiger partial charge in [-0.15, -0.1) is 0 Å². The van der Waals surface area contributed by atoms with E-state index in [1.165, 1.54) is 25.7 Å². The van der Waals surface area contributed by atoms with Gasteiger partial charge in [-0.05, 0) is 33.6 Å². The number of hydrogen-bond acceptors (Lipinski definition) is 3. The Hall–Kier alpha value is -0.120. The molecule has 116 valence electrons. The first-order chi connectivity index (χ1) is 8.77. The lowest BCUT2D eigenvalue weighted by Crippen LogP contribution is -2.35. The fourth-order valence-electron chi connectivity index (χ4n) is 2.70. The molecule has 0 aromatic carbocycles. The van der Waals surface area contributed by atoms with Gasteiger partial charge >= 0.3 is 0 Å². The van der Waals surface area contributed by atoms with E-state index in [0.29, 0.717) is 13.0 Å². The Labute approximate surface area is 119 Å². The van der Waals surface area contributed by atoms with Crippen LogP contribution in [-0.4, -0.2) is 33.1 Å². The smallest absolute Gasteiger partial charge is 0.0646 e. The summed E-state index contributed by atoms with van der Waals surface area (Å²) in [6.07, 6.45) is 10.4. The SMILES string of the molecule is CC(C)(O)CC(C)(O)CCCCCCCCCCO. The molecular formula is C16H34O3. The molecule has 0 heterocycles. The molecule has 0 saturated heterocycles. The number of rotatable bonds is 12. The molecule has 0 bridgehead atoms. The zero-order chi connectivity index (χ0) is 14.8. The van der Waals surface area contributed by atoms with Crippen LogP contribution in [0.2, 0.25) is 0 Å². The quantitative estimate of drug-likeness (QED) is 0.478. The minimum Gasteiger partial charge on any atom is -0.396 e. The summed E-state index contributed by atoms with van der Waals surface area (Å²) in [6, 6.07) is 0. The molecule has 0 aliphatic heterocycles. The van der Waals surface area contributed by atoms with Crippen LogP contribution in [0, 0.1) is 0 Å². The molecule has 0 aromatic rings. The van der Waals surface area contributed by atoms with Gasteiger partial charge < -0.3 is 15.3 Å². The van der Waals surface area contributed by atoms with Gasteiger partial charge in [0, 0.05) is 13.0 Å². The minimum atomic E-state index is -0.795. The summed E-state index contributed by atoms with van der Waals surface area (Å²) in [4.78, 5) is 0. The first-order valence-electron chi connectivity index (χ1n) is 7.82. The van der Waals surface area contributed by atoms with Crippen molar-refractivity contribution >= 4 is 0 Å². The molecule has 0 aliphatic carbocycles. The molecule has 0 aliphatic rings. The summed E-state index contributed by atoms with van der Waals surface area (Å²) in [6.45, 7) is 5.62. The minimum absolute atomic E-state index is 0.316. The van der Waals surface area contributed by atoms with Gasteiger partial charge in [0.25, 0.3) is 0 Å². The normalized spacial score (nSPS) is 15.5. The van der Waals surface area contributed by atoms with Gasteiger partial charge in [0.15, 0.2) is 0 Å². The van der Waals surface area contributed by atoms with Crippen molar-refractivity contribution in [2.24, 2.45) is 0 Å². The van der Waals surface area contributed by atoms with Crippen LogP contribution < -0.4 is 0 Å². The number of aliphatic hydroxyl groups is 3. The van der Waals surface area contributed by atoms with Crippen molar-refractivity contribution in [3.63, 3.8) is 0 Å². The Bertz CT molecular complexity index is 207. The molecule has 1 unspecified atom stereocenters. The predicted octanol–water partition coefficient (Wildman–Crippen LogP) is 3.40. The summed E-state index contributed by atoms with van der Waals surface area (Å²) in [5, 5.41) is 28.5. The Morgan fingerprint density at radius 2 is 1.11 bits per heavy atom. The number of hydrogen-bond donors (Lipinski definition) is 3. The lowest BCUT2D eigenvalue weighted by Gasteiger charge is -2.30. The van der Waals surface area contributed by atoms with Gasteiger partial charge in [-0.2, -0.15) is 0 Å². The first kappa shape index (κ1) is 18.9. The van der Waals surface area contributed by atoms with Gasteiger partial charge in [-0.3, -0.25) is 0 Å². The van der Waals surface area contributed by atoms with Crippen molar-refractivity contribution in [2.45, 2.75) is 96.2 Å². The largest absolute Gasteiger partial charge is 0.396 e. The highest BCUT2D eigenvalue weighted by molar-refractivity contribution is 4.81. The predicted molar refractivity (Wildman–Crippen MR) is 80.2 cm³/mol. The van der Waals surface area contributed by atoms with Crippen LogP contribution >= 0.6 is 0 Å². The molecule has 3 N–H and O–H groups in total. The fraction of sp³-hybridized carbons (Fsp3) is 1.00. The Kier molecular flexibility index (Phi) is 9.67. The molecule has 0 aromatic heterocycles. The van der Waals surface area contributed by atoms with Crippen LogP contribution in [0.25, 0.3) is 0 Å². The molecule has 0 saturated carbocycles. The van der Waals surface area contributed by atoms with E-state index in [9.17, 15) is 10.2 Å². The molecule has 1 atom stereocenters. The van der Waals surface area contributed by atoms with Crippen molar-refractivity contribution in [1.29, 1.82) is 0 Å². The third-order valence-corrected chi connectivity index (χ3v) is 3.44. The molecule has 3 heteroatoms. The lowest BCUT2D eigenvalue weighted by molar-refractivity contribution is -0.0409. The van der Waals surface area contributed by atoms with Gasteiger partial charge in [0.2, 0.25) is 0 Å². The van der Waals surface area contributed by atoms with Crippen molar-refractivity contribution in [1.82, 2.24) is 0 Å². The van der Waals surface area contributed by atoms with Gasteiger partial charge in [-0.1, -0.05) is 44.9 Å². The molecule has 0 amide bonds. The van der Waals surface area contributed by atoms with E-state index >= 15 is 0 Å². The van der Waals surface area contributed by atoms with E-state index in [2.05, 4.69) is 0 Å². The summed E-state index contributed by atoms with van der Waals surface area (Å²) in [5.74, 6) is 0. The average Bonchev–Trinajstić information content (AvgIpc) is 2.23. The molecule has 19 heavy (non-hydrogen) atoms. The average molecular weight is 274 g/mol. The third-order valence-electron chi connectivity index (χ3n) is 3.44. The number of aliphatic hydroxyl groups excluding tert-OH is 1. The van der Waals surface area contributed by atoms with Crippen LogP contribution in [0.4, 0.5) is 0 Å². The van der Waals surface area contributed by atoms with Crippen LogP contribution in [0.1, 0.15) is 85.0 Å². The second kappa shape index (κ2) is 9.73. The highest BCUT2D eigenvalue weighted by atomic mass is 16.3. The molecule has 0 spiro atoms. The van der Waals surface area contributed by atoms with Crippen molar-refractivity contribution in [2.75, 3.05) is 6.61 Å². The van der Waals surface area contributed by atoms with E-state index in [-0.39, 0.29) is 0 Å². The molecule has 0 radical (unpaired) electrons. The van der Waals surface area contributed by atoms with Gasteiger partial charge in [0.1, 0.15) is 0 Å². The van der Waals surface area contributed by atoms with Crippen LogP contribution in [0.5, 0.6) is 0 Å². The Balaban J connectivity index is 3.43. The molecule has 0 fully saturated rings. The fourth-order valence-corrected chi connectivity index (χ4v) is 2.70. The summed E-state index contributed by atoms with van der Waals surface area (Å²) >= 11 is 0. The monoisotopic (exact) mass is 274 g/mol. The topological polar surface area (TPSA) is 60.7 Å². The first-order valence-corrected chi connectivity index (χ1v) is 7.82. The standard InChI is InChI=1S/C16H34O3/c1-15(2,18)14-16(3,19)12-10-8-6-4-5-7-9-11-13-17/h17-19H,4-14H2,1-3H3. The maximum atomic E-state index is 10.2. The summed E-state index contributed by atoms with van der Waals surface area (Å²) in [5.41, 5.74) is -1.55. The van der Waals surface area contributed by atoms with Crippen molar-refractivity contribution < 1.29 is 15.3 Å². The second-order valence-electron chi connectivity index (χ2n) is 6.79. The Morgan fingerprint density at radius 3 is 1.53 bits per heavy atom. The van der Waals surface area contributed by atoms with E-state index < -0.39 is 11.2 Å².